The van der Waals surface area contributed by atoms with Crippen LogP contribution in [0.5, 0.6) is 0 Å². The summed E-state index contributed by atoms with van der Waals surface area (Å²) >= 11 is 0. The van der Waals surface area contributed by atoms with Crippen molar-refractivity contribution in [2.45, 2.75) is 71.2 Å². The van der Waals surface area contributed by atoms with Gasteiger partial charge in [-0.05, 0) is 37.7 Å². The number of Topliss-reactive ketones (excluding diaryl/α,β-unsaturated/α-hetero) is 1. The maximum atomic E-state index is 11.8. The van der Waals surface area contributed by atoms with Gasteiger partial charge in [-0.1, -0.05) is 44.2 Å². The minimum Gasteiger partial charge on any atom is -0.377 e. The summed E-state index contributed by atoms with van der Waals surface area (Å²) in [6, 6.07) is 10.3. The second-order valence-electron chi connectivity index (χ2n) is 6.65. The minimum absolute atomic E-state index is 0.0296. The summed E-state index contributed by atoms with van der Waals surface area (Å²) in [6.45, 7) is 5.29. The van der Waals surface area contributed by atoms with Crippen molar-refractivity contribution in [1.82, 2.24) is 0 Å². The van der Waals surface area contributed by atoms with Crippen molar-refractivity contribution in [3.63, 3.8) is 0 Å². The van der Waals surface area contributed by atoms with Crippen LogP contribution in [0.3, 0.4) is 0 Å². The highest BCUT2D eigenvalue weighted by atomic mass is 16.5. The van der Waals surface area contributed by atoms with Crippen LogP contribution in [0.4, 0.5) is 0 Å². The van der Waals surface area contributed by atoms with E-state index in [-0.39, 0.29) is 5.92 Å². The molecule has 1 aliphatic rings. The SMILES string of the molecule is CCCC(=O)C(C)COC1CCC(OCc2ccccc2)CC1. The molecule has 1 aromatic rings. The minimum atomic E-state index is 0.0296. The standard InChI is InChI=1S/C20H30O3/c1-3-7-20(21)16(2)14-22-18-10-12-19(13-11-18)23-15-17-8-5-4-6-9-17/h4-6,8-9,16,18-19H,3,7,10-15H2,1-2H3. The Balaban J connectivity index is 1.61. The number of carbonyl (C=O) groups excluding carboxylic acids is 1. The second kappa shape index (κ2) is 9.84. The Bertz CT molecular complexity index is 449. The van der Waals surface area contributed by atoms with Gasteiger partial charge in [0.2, 0.25) is 0 Å². The summed E-state index contributed by atoms with van der Waals surface area (Å²) < 4.78 is 12.0. The van der Waals surface area contributed by atoms with Gasteiger partial charge in [-0.3, -0.25) is 4.79 Å². The molecular formula is C20H30O3. The summed E-state index contributed by atoms with van der Waals surface area (Å²) in [6.07, 6.45) is 6.40. The van der Waals surface area contributed by atoms with Crippen LogP contribution in [0.2, 0.25) is 0 Å². The average molecular weight is 318 g/mol. The third-order valence-electron chi connectivity index (χ3n) is 4.58. The largest absolute Gasteiger partial charge is 0.377 e. The molecule has 1 aromatic carbocycles. The molecule has 0 aromatic heterocycles. The molecule has 3 heteroatoms. The van der Waals surface area contributed by atoms with E-state index in [4.69, 9.17) is 9.47 Å². The fourth-order valence-corrected chi connectivity index (χ4v) is 3.02. The topological polar surface area (TPSA) is 35.5 Å². The first-order chi connectivity index (χ1) is 11.2. The zero-order chi connectivity index (χ0) is 16.5. The molecule has 0 saturated heterocycles. The Morgan fingerprint density at radius 2 is 1.70 bits per heavy atom. The van der Waals surface area contributed by atoms with E-state index >= 15 is 0 Å². The molecule has 1 atom stereocenters. The van der Waals surface area contributed by atoms with Crippen LogP contribution >= 0.6 is 0 Å². The van der Waals surface area contributed by atoms with Crippen molar-refractivity contribution >= 4 is 5.78 Å². The molecule has 1 saturated carbocycles. The van der Waals surface area contributed by atoms with E-state index in [1.807, 2.05) is 32.0 Å². The number of hydrogen-bond donors (Lipinski definition) is 0. The Morgan fingerprint density at radius 1 is 1.09 bits per heavy atom. The number of rotatable bonds is 9. The summed E-state index contributed by atoms with van der Waals surface area (Å²) in [5.74, 6) is 0.356. The molecule has 0 spiro atoms. The number of ketones is 1. The molecule has 23 heavy (non-hydrogen) atoms. The molecule has 3 nitrogen and oxygen atoms in total. The summed E-state index contributed by atoms with van der Waals surface area (Å²) in [4.78, 5) is 11.8. The summed E-state index contributed by atoms with van der Waals surface area (Å²) in [5, 5.41) is 0. The zero-order valence-corrected chi connectivity index (χ0v) is 14.5. The van der Waals surface area contributed by atoms with Gasteiger partial charge in [-0.25, -0.2) is 0 Å². The molecular weight excluding hydrogens is 288 g/mol. The predicted molar refractivity (Wildman–Crippen MR) is 92.3 cm³/mol. The lowest BCUT2D eigenvalue weighted by Gasteiger charge is -2.29. The zero-order valence-electron chi connectivity index (χ0n) is 14.5. The van der Waals surface area contributed by atoms with Gasteiger partial charge in [0, 0.05) is 12.3 Å². The van der Waals surface area contributed by atoms with E-state index < -0.39 is 0 Å². The highest BCUT2D eigenvalue weighted by Gasteiger charge is 2.23. The lowest BCUT2D eigenvalue weighted by molar-refractivity contribution is -0.125. The first-order valence-electron chi connectivity index (χ1n) is 8.99. The van der Waals surface area contributed by atoms with Crippen LogP contribution in [0, 0.1) is 5.92 Å². The Hall–Kier alpha value is -1.19. The second-order valence-corrected chi connectivity index (χ2v) is 6.65. The fourth-order valence-electron chi connectivity index (χ4n) is 3.02. The molecule has 1 aliphatic carbocycles. The molecule has 0 aliphatic heterocycles. The molecule has 0 radical (unpaired) electrons. The van der Waals surface area contributed by atoms with Crippen LogP contribution in [0.1, 0.15) is 57.9 Å². The molecule has 2 rings (SSSR count). The maximum absolute atomic E-state index is 11.8. The van der Waals surface area contributed by atoms with Gasteiger partial charge in [0.25, 0.3) is 0 Å². The van der Waals surface area contributed by atoms with E-state index in [2.05, 4.69) is 12.1 Å². The number of ether oxygens (including phenoxy) is 2. The Morgan fingerprint density at radius 3 is 2.30 bits per heavy atom. The molecule has 0 heterocycles. The number of hydrogen-bond acceptors (Lipinski definition) is 3. The van der Waals surface area contributed by atoms with E-state index in [9.17, 15) is 4.79 Å². The van der Waals surface area contributed by atoms with E-state index in [1.165, 1.54) is 5.56 Å². The quantitative estimate of drug-likeness (QED) is 0.671. The van der Waals surface area contributed by atoms with Crippen LogP contribution in [0.15, 0.2) is 30.3 Å². The number of benzene rings is 1. The van der Waals surface area contributed by atoms with Crippen LogP contribution in [-0.2, 0) is 20.9 Å². The molecule has 1 fully saturated rings. The average Bonchev–Trinajstić information content (AvgIpc) is 2.60. The maximum Gasteiger partial charge on any atom is 0.137 e. The lowest BCUT2D eigenvalue weighted by Crippen LogP contribution is -2.28. The monoisotopic (exact) mass is 318 g/mol. The van der Waals surface area contributed by atoms with Crippen molar-refractivity contribution in [3.05, 3.63) is 35.9 Å². The third kappa shape index (κ3) is 6.44. The molecule has 0 bridgehead atoms. The van der Waals surface area contributed by atoms with Crippen LogP contribution in [-0.4, -0.2) is 24.6 Å². The predicted octanol–water partition coefficient (Wildman–Crippen LogP) is 4.54. The van der Waals surface area contributed by atoms with Crippen LogP contribution < -0.4 is 0 Å². The van der Waals surface area contributed by atoms with Crippen molar-refractivity contribution < 1.29 is 14.3 Å². The van der Waals surface area contributed by atoms with Gasteiger partial charge < -0.3 is 9.47 Å². The van der Waals surface area contributed by atoms with E-state index in [0.29, 0.717) is 37.6 Å². The molecule has 128 valence electrons. The molecule has 0 amide bonds. The van der Waals surface area contributed by atoms with Gasteiger partial charge in [0.1, 0.15) is 5.78 Å². The van der Waals surface area contributed by atoms with Crippen molar-refractivity contribution in [2.75, 3.05) is 6.61 Å². The van der Waals surface area contributed by atoms with Gasteiger partial charge in [0.15, 0.2) is 0 Å². The summed E-state index contributed by atoms with van der Waals surface area (Å²) in [7, 11) is 0. The van der Waals surface area contributed by atoms with Gasteiger partial charge in [-0.15, -0.1) is 0 Å². The van der Waals surface area contributed by atoms with E-state index in [1.54, 1.807) is 0 Å². The highest BCUT2D eigenvalue weighted by Crippen LogP contribution is 2.25. The van der Waals surface area contributed by atoms with Gasteiger partial charge in [-0.2, -0.15) is 0 Å². The lowest BCUT2D eigenvalue weighted by atomic mass is 9.94. The molecule has 1 unspecified atom stereocenters. The highest BCUT2D eigenvalue weighted by molar-refractivity contribution is 5.80. The molecule has 0 N–H and O–H groups in total. The summed E-state index contributed by atoms with van der Waals surface area (Å²) in [5.41, 5.74) is 1.23. The Kier molecular flexibility index (Phi) is 7.77. The number of carbonyl (C=O) groups is 1. The first kappa shape index (κ1) is 18.2. The van der Waals surface area contributed by atoms with Crippen molar-refractivity contribution in [1.29, 1.82) is 0 Å². The van der Waals surface area contributed by atoms with Crippen molar-refractivity contribution in [3.8, 4) is 0 Å². The van der Waals surface area contributed by atoms with Crippen LogP contribution in [0.25, 0.3) is 0 Å². The third-order valence-corrected chi connectivity index (χ3v) is 4.58. The Labute approximate surface area is 140 Å². The van der Waals surface area contributed by atoms with Crippen molar-refractivity contribution in [2.24, 2.45) is 5.92 Å². The van der Waals surface area contributed by atoms with Gasteiger partial charge in [0.05, 0.1) is 25.4 Å². The van der Waals surface area contributed by atoms with Gasteiger partial charge >= 0.3 is 0 Å². The fraction of sp³-hybridized carbons (Fsp3) is 0.650. The smallest absolute Gasteiger partial charge is 0.137 e. The normalized spacial score (nSPS) is 22.7. The van der Waals surface area contributed by atoms with E-state index in [0.717, 1.165) is 32.1 Å². The first-order valence-corrected chi connectivity index (χ1v) is 8.99.